The van der Waals surface area contributed by atoms with Crippen LogP contribution in [0, 0.1) is 0 Å². The lowest BCUT2D eigenvalue weighted by molar-refractivity contribution is 0.234. The van der Waals surface area contributed by atoms with Crippen LogP contribution in [-0.2, 0) is 6.54 Å². The Morgan fingerprint density at radius 2 is 2.15 bits per heavy atom. The third kappa shape index (κ3) is 3.87. The molecule has 1 aliphatic heterocycles. The largest absolute Gasteiger partial charge is 0.369 e. The van der Waals surface area contributed by atoms with Gasteiger partial charge in [0.15, 0.2) is 0 Å². The van der Waals surface area contributed by atoms with Crippen molar-refractivity contribution in [3.05, 3.63) is 28.8 Å². The van der Waals surface area contributed by atoms with E-state index in [2.05, 4.69) is 54.2 Å². The predicted molar refractivity (Wildman–Crippen MR) is 87.8 cm³/mol. The molecule has 0 radical (unpaired) electrons. The van der Waals surface area contributed by atoms with Gasteiger partial charge in [-0.05, 0) is 44.6 Å². The van der Waals surface area contributed by atoms with Gasteiger partial charge in [0.05, 0.1) is 0 Å². The Kier molecular flexibility index (Phi) is 5.70. The van der Waals surface area contributed by atoms with Crippen LogP contribution in [0.1, 0.15) is 25.8 Å². The average molecular weight is 296 g/mol. The van der Waals surface area contributed by atoms with Gasteiger partial charge in [-0.2, -0.15) is 0 Å². The number of hydrogen-bond acceptors (Lipinski definition) is 3. The minimum absolute atomic E-state index is 0.591. The fraction of sp³-hybridized carbons (Fsp3) is 0.625. The Labute approximate surface area is 127 Å². The van der Waals surface area contributed by atoms with Crippen LogP contribution in [-0.4, -0.2) is 44.2 Å². The van der Waals surface area contributed by atoms with E-state index in [9.17, 15) is 0 Å². The number of likely N-dealkylation sites (N-methyl/N-ethyl adjacent to an activating group) is 1. The lowest BCUT2D eigenvalue weighted by Gasteiger charge is -2.39. The third-order valence-corrected chi connectivity index (χ3v) is 4.46. The first-order valence-corrected chi connectivity index (χ1v) is 7.94. The number of piperazine rings is 1. The highest BCUT2D eigenvalue weighted by Crippen LogP contribution is 2.25. The first-order valence-electron chi connectivity index (χ1n) is 7.56. The van der Waals surface area contributed by atoms with E-state index < -0.39 is 0 Å². The van der Waals surface area contributed by atoms with Gasteiger partial charge < -0.3 is 15.1 Å². The van der Waals surface area contributed by atoms with Crippen molar-refractivity contribution in [3.8, 4) is 0 Å². The van der Waals surface area contributed by atoms with Gasteiger partial charge in [-0.15, -0.1) is 0 Å². The standard InChI is InChI=1S/C16H26ClN3/c1-4-7-18-11-14-5-6-15(10-16(14)17)20-9-8-19(3)13(2)12-20/h5-6,10,13,18H,4,7-9,11-12H2,1-3H3. The predicted octanol–water partition coefficient (Wildman–Crippen LogP) is 2.98. The molecular weight excluding hydrogens is 270 g/mol. The van der Waals surface area contributed by atoms with Gasteiger partial charge in [-0.25, -0.2) is 0 Å². The third-order valence-electron chi connectivity index (χ3n) is 4.10. The summed E-state index contributed by atoms with van der Waals surface area (Å²) in [7, 11) is 2.19. The highest BCUT2D eigenvalue weighted by atomic mass is 35.5. The molecule has 1 atom stereocenters. The number of nitrogens with zero attached hydrogens (tertiary/aromatic N) is 2. The molecule has 1 saturated heterocycles. The Morgan fingerprint density at radius 3 is 2.80 bits per heavy atom. The molecular formula is C16H26ClN3. The van der Waals surface area contributed by atoms with Crippen LogP contribution >= 0.6 is 11.6 Å². The van der Waals surface area contributed by atoms with E-state index in [1.165, 1.54) is 11.3 Å². The highest BCUT2D eigenvalue weighted by Gasteiger charge is 2.21. The minimum Gasteiger partial charge on any atom is -0.369 e. The topological polar surface area (TPSA) is 18.5 Å². The Bertz CT molecular complexity index is 436. The molecule has 1 fully saturated rings. The summed E-state index contributed by atoms with van der Waals surface area (Å²) in [5.41, 5.74) is 2.43. The molecule has 3 nitrogen and oxygen atoms in total. The molecule has 1 heterocycles. The lowest BCUT2D eigenvalue weighted by Crippen LogP contribution is -2.50. The van der Waals surface area contributed by atoms with Crippen molar-refractivity contribution in [2.24, 2.45) is 0 Å². The Balaban J connectivity index is 2.01. The first kappa shape index (κ1) is 15.6. The van der Waals surface area contributed by atoms with Crippen LogP contribution in [0.5, 0.6) is 0 Å². The van der Waals surface area contributed by atoms with Gasteiger partial charge in [0, 0.05) is 42.9 Å². The second kappa shape index (κ2) is 7.30. The maximum absolute atomic E-state index is 6.42. The van der Waals surface area contributed by atoms with E-state index in [1.54, 1.807) is 0 Å². The smallest absolute Gasteiger partial charge is 0.0471 e. The van der Waals surface area contributed by atoms with Crippen LogP contribution in [0.4, 0.5) is 5.69 Å². The fourth-order valence-corrected chi connectivity index (χ4v) is 2.80. The van der Waals surface area contributed by atoms with E-state index in [1.807, 2.05) is 0 Å². The maximum atomic E-state index is 6.42. The minimum atomic E-state index is 0.591. The molecule has 0 bridgehead atoms. The van der Waals surface area contributed by atoms with E-state index in [-0.39, 0.29) is 0 Å². The number of benzene rings is 1. The van der Waals surface area contributed by atoms with Crippen molar-refractivity contribution in [3.63, 3.8) is 0 Å². The lowest BCUT2D eigenvalue weighted by atomic mass is 10.1. The summed E-state index contributed by atoms with van der Waals surface area (Å²) >= 11 is 6.42. The molecule has 0 saturated carbocycles. The average Bonchev–Trinajstić information content (AvgIpc) is 2.44. The summed E-state index contributed by atoms with van der Waals surface area (Å²) in [6.45, 7) is 9.59. The second-order valence-corrected chi connectivity index (χ2v) is 6.14. The van der Waals surface area contributed by atoms with Crippen LogP contribution in [0.25, 0.3) is 0 Å². The number of anilines is 1. The van der Waals surface area contributed by atoms with Crippen LogP contribution < -0.4 is 10.2 Å². The van der Waals surface area contributed by atoms with Gasteiger partial charge in [-0.1, -0.05) is 24.6 Å². The van der Waals surface area contributed by atoms with E-state index in [0.717, 1.165) is 44.2 Å². The second-order valence-electron chi connectivity index (χ2n) is 5.73. The zero-order chi connectivity index (χ0) is 14.5. The van der Waals surface area contributed by atoms with Crippen molar-refractivity contribution in [2.45, 2.75) is 32.9 Å². The molecule has 20 heavy (non-hydrogen) atoms. The van der Waals surface area contributed by atoms with Crippen molar-refractivity contribution >= 4 is 17.3 Å². The summed E-state index contributed by atoms with van der Waals surface area (Å²) in [6, 6.07) is 7.06. The number of halogens is 1. The molecule has 2 rings (SSSR count). The molecule has 0 spiro atoms. The zero-order valence-electron chi connectivity index (χ0n) is 12.8. The summed E-state index contributed by atoms with van der Waals surface area (Å²) < 4.78 is 0. The molecule has 112 valence electrons. The number of nitrogens with one attached hydrogen (secondary N) is 1. The van der Waals surface area contributed by atoms with Gasteiger partial charge >= 0.3 is 0 Å². The summed E-state index contributed by atoms with van der Waals surface area (Å²) in [4.78, 5) is 4.83. The quantitative estimate of drug-likeness (QED) is 0.843. The van der Waals surface area contributed by atoms with Gasteiger partial charge in [0.2, 0.25) is 0 Å². The molecule has 1 aromatic carbocycles. The number of rotatable bonds is 5. The van der Waals surface area contributed by atoms with Crippen LogP contribution in [0.15, 0.2) is 18.2 Å². The molecule has 4 heteroatoms. The van der Waals surface area contributed by atoms with Crippen molar-refractivity contribution in [1.82, 2.24) is 10.2 Å². The van der Waals surface area contributed by atoms with Crippen molar-refractivity contribution < 1.29 is 0 Å². The molecule has 1 N–H and O–H groups in total. The molecule has 1 aliphatic rings. The SMILES string of the molecule is CCCNCc1ccc(N2CCN(C)C(C)C2)cc1Cl. The zero-order valence-corrected chi connectivity index (χ0v) is 13.6. The van der Waals surface area contributed by atoms with Crippen LogP contribution in [0.3, 0.4) is 0 Å². The van der Waals surface area contributed by atoms with E-state index >= 15 is 0 Å². The van der Waals surface area contributed by atoms with E-state index in [0.29, 0.717) is 6.04 Å². The van der Waals surface area contributed by atoms with Crippen molar-refractivity contribution in [1.29, 1.82) is 0 Å². The molecule has 0 amide bonds. The Hall–Kier alpha value is -0.770. The monoisotopic (exact) mass is 295 g/mol. The van der Waals surface area contributed by atoms with Gasteiger partial charge in [0.1, 0.15) is 0 Å². The van der Waals surface area contributed by atoms with E-state index in [4.69, 9.17) is 11.6 Å². The van der Waals surface area contributed by atoms with Crippen LogP contribution in [0.2, 0.25) is 5.02 Å². The molecule has 1 aromatic rings. The van der Waals surface area contributed by atoms with Gasteiger partial charge in [-0.3, -0.25) is 0 Å². The molecule has 1 unspecified atom stereocenters. The first-order chi connectivity index (χ1) is 9.61. The summed E-state index contributed by atoms with van der Waals surface area (Å²) in [5, 5.41) is 4.27. The summed E-state index contributed by atoms with van der Waals surface area (Å²) in [6.07, 6.45) is 1.15. The molecule has 0 aliphatic carbocycles. The Morgan fingerprint density at radius 1 is 1.35 bits per heavy atom. The normalized spacial score (nSPS) is 20.4. The van der Waals surface area contributed by atoms with Crippen molar-refractivity contribution in [2.75, 3.05) is 38.1 Å². The maximum Gasteiger partial charge on any atom is 0.0471 e. The number of hydrogen-bond donors (Lipinski definition) is 1. The molecule has 0 aromatic heterocycles. The fourth-order valence-electron chi connectivity index (χ4n) is 2.56. The summed E-state index contributed by atoms with van der Waals surface area (Å²) in [5.74, 6) is 0. The highest BCUT2D eigenvalue weighted by molar-refractivity contribution is 6.31. The van der Waals surface area contributed by atoms with Gasteiger partial charge in [0.25, 0.3) is 0 Å².